The molecule has 2 nitrogen and oxygen atoms in total. The van der Waals surface area contributed by atoms with E-state index in [-0.39, 0.29) is 0 Å². The third-order valence-corrected chi connectivity index (χ3v) is 3.67. The lowest BCUT2D eigenvalue weighted by Crippen LogP contribution is -2.03. The molecule has 2 aromatic rings. The van der Waals surface area contributed by atoms with Crippen LogP contribution in [0.2, 0.25) is 5.02 Å². The lowest BCUT2D eigenvalue weighted by Gasteiger charge is -2.14. The largest absolute Gasteiger partial charge is 0.496 e. The number of aliphatic hydroxyl groups is 1. The van der Waals surface area contributed by atoms with Gasteiger partial charge in [-0.3, -0.25) is 0 Å². The Morgan fingerprint density at radius 2 is 1.89 bits per heavy atom. The zero-order valence-electron chi connectivity index (χ0n) is 10.4. The summed E-state index contributed by atoms with van der Waals surface area (Å²) in [6.45, 7) is 0. The van der Waals surface area contributed by atoms with Gasteiger partial charge in [-0.1, -0.05) is 39.7 Å². The van der Waals surface area contributed by atoms with Gasteiger partial charge in [0.2, 0.25) is 0 Å². The molecular formula is C15H14BrClO2. The normalized spacial score (nSPS) is 12.2. The van der Waals surface area contributed by atoms with E-state index in [0.29, 0.717) is 11.4 Å². The Labute approximate surface area is 126 Å². The number of hydrogen-bond acceptors (Lipinski definition) is 2. The Hall–Kier alpha value is -1.03. The molecule has 1 atom stereocenters. The number of methoxy groups -OCH3 is 1. The van der Waals surface area contributed by atoms with E-state index >= 15 is 0 Å². The van der Waals surface area contributed by atoms with E-state index in [2.05, 4.69) is 15.9 Å². The predicted molar refractivity (Wildman–Crippen MR) is 80.8 cm³/mol. The molecule has 0 spiro atoms. The second-order valence-corrected chi connectivity index (χ2v) is 5.58. The quantitative estimate of drug-likeness (QED) is 0.894. The second-order valence-electron chi connectivity index (χ2n) is 4.23. The summed E-state index contributed by atoms with van der Waals surface area (Å²) in [5.41, 5.74) is 1.76. The molecular weight excluding hydrogens is 328 g/mol. The van der Waals surface area contributed by atoms with Crippen molar-refractivity contribution in [2.75, 3.05) is 7.11 Å². The van der Waals surface area contributed by atoms with Gasteiger partial charge < -0.3 is 9.84 Å². The predicted octanol–water partition coefficient (Wildman–Crippen LogP) is 4.39. The highest BCUT2D eigenvalue weighted by atomic mass is 79.9. The molecule has 0 aliphatic carbocycles. The number of benzene rings is 2. The van der Waals surface area contributed by atoms with Gasteiger partial charge in [0.25, 0.3) is 0 Å². The minimum absolute atomic E-state index is 0.464. The van der Waals surface area contributed by atoms with Gasteiger partial charge in [-0.2, -0.15) is 0 Å². The van der Waals surface area contributed by atoms with E-state index in [1.54, 1.807) is 13.2 Å². The van der Waals surface area contributed by atoms with Crippen molar-refractivity contribution in [3.05, 3.63) is 63.1 Å². The van der Waals surface area contributed by atoms with Crippen LogP contribution in [0.1, 0.15) is 17.2 Å². The highest BCUT2D eigenvalue weighted by molar-refractivity contribution is 9.10. The van der Waals surface area contributed by atoms with Gasteiger partial charge in [-0.05, 0) is 41.5 Å². The summed E-state index contributed by atoms with van der Waals surface area (Å²) in [4.78, 5) is 0. The van der Waals surface area contributed by atoms with Crippen molar-refractivity contribution >= 4 is 27.5 Å². The number of aliphatic hydroxyl groups excluding tert-OH is 1. The summed E-state index contributed by atoms with van der Waals surface area (Å²) in [5.74, 6) is 0.737. The summed E-state index contributed by atoms with van der Waals surface area (Å²) < 4.78 is 6.27. The molecule has 19 heavy (non-hydrogen) atoms. The molecule has 0 heterocycles. The van der Waals surface area contributed by atoms with Crippen LogP contribution in [0.4, 0.5) is 0 Å². The maximum absolute atomic E-state index is 10.3. The molecule has 0 aliphatic heterocycles. The van der Waals surface area contributed by atoms with Crippen molar-refractivity contribution in [1.82, 2.24) is 0 Å². The minimum Gasteiger partial charge on any atom is -0.496 e. The third-order valence-electron chi connectivity index (χ3n) is 2.91. The van der Waals surface area contributed by atoms with Crippen molar-refractivity contribution in [3.63, 3.8) is 0 Å². The monoisotopic (exact) mass is 340 g/mol. The molecule has 0 radical (unpaired) electrons. The fourth-order valence-electron chi connectivity index (χ4n) is 1.92. The molecule has 0 bridgehead atoms. The van der Waals surface area contributed by atoms with Crippen LogP contribution in [0, 0.1) is 0 Å². The smallest absolute Gasteiger partial charge is 0.122 e. The molecule has 1 N–H and O–H groups in total. The molecule has 0 aliphatic rings. The van der Waals surface area contributed by atoms with Crippen molar-refractivity contribution in [1.29, 1.82) is 0 Å². The summed E-state index contributed by atoms with van der Waals surface area (Å²) in [5, 5.41) is 10.9. The Bertz CT molecular complexity index is 555. The maximum Gasteiger partial charge on any atom is 0.122 e. The molecule has 2 aromatic carbocycles. The van der Waals surface area contributed by atoms with E-state index in [1.165, 1.54) is 0 Å². The lowest BCUT2D eigenvalue weighted by molar-refractivity contribution is 0.177. The summed E-state index contributed by atoms with van der Waals surface area (Å²) in [7, 11) is 1.61. The Morgan fingerprint density at radius 1 is 1.21 bits per heavy atom. The highest BCUT2D eigenvalue weighted by Gasteiger charge is 2.12. The van der Waals surface area contributed by atoms with Crippen molar-refractivity contribution in [2.24, 2.45) is 0 Å². The molecule has 4 heteroatoms. The van der Waals surface area contributed by atoms with Crippen LogP contribution < -0.4 is 4.74 Å². The summed E-state index contributed by atoms with van der Waals surface area (Å²) in [6.07, 6.45) is -0.119. The fraction of sp³-hybridized carbons (Fsp3) is 0.200. The zero-order chi connectivity index (χ0) is 13.8. The van der Waals surface area contributed by atoms with Gasteiger partial charge in [-0.15, -0.1) is 0 Å². The second kappa shape index (κ2) is 6.42. The molecule has 1 unspecified atom stereocenters. The highest BCUT2D eigenvalue weighted by Crippen LogP contribution is 2.28. The number of halogens is 2. The van der Waals surface area contributed by atoms with Crippen LogP contribution >= 0.6 is 27.5 Å². The van der Waals surface area contributed by atoms with Crippen LogP contribution in [0.25, 0.3) is 0 Å². The average Bonchev–Trinajstić information content (AvgIpc) is 2.39. The number of ether oxygens (including phenoxy) is 1. The van der Waals surface area contributed by atoms with E-state index in [4.69, 9.17) is 16.3 Å². The van der Waals surface area contributed by atoms with Gasteiger partial charge in [0.05, 0.1) is 13.2 Å². The zero-order valence-corrected chi connectivity index (χ0v) is 12.8. The Balaban J connectivity index is 2.20. The van der Waals surface area contributed by atoms with E-state index in [0.717, 1.165) is 21.3 Å². The number of hydrogen-bond donors (Lipinski definition) is 1. The molecule has 0 aromatic heterocycles. The van der Waals surface area contributed by atoms with E-state index in [9.17, 15) is 5.11 Å². The molecule has 0 saturated heterocycles. The average molecular weight is 342 g/mol. The fourth-order valence-corrected chi connectivity index (χ4v) is 2.38. The first kappa shape index (κ1) is 14.4. The standard InChI is InChI=1S/C15H14BrClO2/c1-19-15-7-6-13(17)8-11(15)9-14(18)10-2-4-12(16)5-3-10/h2-8,14,18H,9H2,1H3. The van der Waals surface area contributed by atoms with Gasteiger partial charge in [0.15, 0.2) is 0 Å². The van der Waals surface area contributed by atoms with Crippen molar-refractivity contribution in [3.8, 4) is 5.75 Å². The van der Waals surface area contributed by atoms with Gasteiger partial charge in [0.1, 0.15) is 5.75 Å². The molecule has 0 amide bonds. The first-order chi connectivity index (χ1) is 9.10. The Morgan fingerprint density at radius 3 is 2.53 bits per heavy atom. The van der Waals surface area contributed by atoms with Gasteiger partial charge in [-0.25, -0.2) is 0 Å². The first-order valence-electron chi connectivity index (χ1n) is 5.86. The summed E-state index contributed by atoms with van der Waals surface area (Å²) in [6, 6.07) is 13.0. The van der Waals surface area contributed by atoms with Gasteiger partial charge >= 0.3 is 0 Å². The Kier molecular flexibility index (Phi) is 4.86. The molecule has 100 valence electrons. The van der Waals surface area contributed by atoms with Crippen molar-refractivity contribution in [2.45, 2.75) is 12.5 Å². The first-order valence-corrected chi connectivity index (χ1v) is 7.03. The SMILES string of the molecule is COc1ccc(Cl)cc1CC(O)c1ccc(Br)cc1. The van der Waals surface area contributed by atoms with Crippen molar-refractivity contribution < 1.29 is 9.84 Å². The topological polar surface area (TPSA) is 29.5 Å². The van der Waals surface area contributed by atoms with Crippen LogP contribution in [0.3, 0.4) is 0 Å². The van der Waals surface area contributed by atoms with E-state index < -0.39 is 6.10 Å². The molecule has 2 rings (SSSR count). The number of rotatable bonds is 4. The summed E-state index contributed by atoms with van der Waals surface area (Å²) >= 11 is 9.36. The van der Waals surface area contributed by atoms with Crippen LogP contribution in [0.5, 0.6) is 5.75 Å². The van der Waals surface area contributed by atoms with Crippen LogP contribution in [-0.4, -0.2) is 12.2 Å². The van der Waals surface area contributed by atoms with Crippen LogP contribution in [-0.2, 0) is 6.42 Å². The van der Waals surface area contributed by atoms with Gasteiger partial charge in [0, 0.05) is 15.9 Å². The maximum atomic E-state index is 10.3. The molecule has 0 fully saturated rings. The molecule has 0 saturated carbocycles. The third kappa shape index (κ3) is 3.72. The van der Waals surface area contributed by atoms with Crippen LogP contribution in [0.15, 0.2) is 46.9 Å². The van der Waals surface area contributed by atoms with E-state index in [1.807, 2.05) is 36.4 Å². The minimum atomic E-state index is -0.583. The lowest BCUT2D eigenvalue weighted by atomic mass is 10.0.